The Morgan fingerprint density at radius 1 is 0.930 bits per heavy atom. The Morgan fingerprint density at radius 2 is 1.70 bits per heavy atom. The lowest BCUT2D eigenvalue weighted by molar-refractivity contribution is 0.0706. The molecule has 0 aliphatic heterocycles. The molecule has 216 valence electrons. The van der Waals surface area contributed by atoms with E-state index >= 15 is 0 Å². The molecule has 0 aliphatic rings. The van der Waals surface area contributed by atoms with Gasteiger partial charge >= 0.3 is 0 Å². The summed E-state index contributed by atoms with van der Waals surface area (Å²) < 4.78 is 1.65. The Hall–Kier alpha value is -5.80. The number of rotatable bonds is 10. The minimum absolute atomic E-state index is 0.00790. The fourth-order valence-electron chi connectivity index (χ4n) is 4.92. The minimum atomic E-state index is -0.574. The van der Waals surface area contributed by atoms with E-state index in [4.69, 9.17) is 21.7 Å². The van der Waals surface area contributed by atoms with Gasteiger partial charge in [-0.2, -0.15) is 15.2 Å². The van der Waals surface area contributed by atoms with Crippen molar-refractivity contribution in [2.45, 2.75) is 25.7 Å². The largest absolute Gasteiger partial charge is 0.382 e. The molecule has 0 radical (unpaired) electrons. The molecule has 0 bridgehead atoms. The van der Waals surface area contributed by atoms with Gasteiger partial charge in [0.05, 0.1) is 16.6 Å². The quantitative estimate of drug-likeness (QED) is 0.0936. The Morgan fingerprint density at radius 3 is 2.42 bits per heavy atom. The van der Waals surface area contributed by atoms with Crippen LogP contribution >= 0.6 is 0 Å². The lowest BCUT2D eigenvalue weighted by atomic mass is 10.00. The molecule has 12 heteroatoms. The average molecular weight is 576 g/mol. The zero-order chi connectivity index (χ0) is 30.3. The number of nitrogens with one attached hydrogen (secondary N) is 2. The van der Waals surface area contributed by atoms with Crippen LogP contribution in [0, 0.1) is 11.3 Å². The summed E-state index contributed by atoms with van der Waals surface area (Å²) in [7, 11) is 0. The summed E-state index contributed by atoms with van der Waals surface area (Å²) in [5, 5.41) is 21.9. The van der Waals surface area contributed by atoms with E-state index in [2.05, 4.69) is 15.3 Å². The van der Waals surface area contributed by atoms with Gasteiger partial charge < -0.3 is 16.8 Å². The van der Waals surface area contributed by atoms with Crippen LogP contribution in [0.5, 0.6) is 0 Å². The molecule has 3 aromatic carbocycles. The maximum absolute atomic E-state index is 14.1. The second-order valence-electron chi connectivity index (χ2n) is 9.79. The average Bonchev–Trinajstić information content (AvgIpc) is 3.02. The van der Waals surface area contributed by atoms with E-state index in [1.807, 2.05) is 66.7 Å². The van der Waals surface area contributed by atoms with Gasteiger partial charge in [0.2, 0.25) is 5.95 Å². The number of nitrogens with two attached hydrogens (primary N) is 2. The van der Waals surface area contributed by atoms with Crippen LogP contribution in [0.25, 0.3) is 16.6 Å². The Kier molecular flexibility index (Phi) is 8.55. The van der Waals surface area contributed by atoms with Crippen LogP contribution in [0.3, 0.4) is 0 Å². The number of para-hydroxylation sites is 1. The van der Waals surface area contributed by atoms with Crippen molar-refractivity contribution in [3.05, 3.63) is 111 Å². The number of nitriles is 1. The number of amides is 1. The van der Waals surface area contributed by atoms with Crippen molar-refractivity contribution in [2.24, 2.45) is 0 Å². The second-order valence-corrected chi connectivity index (χ2v) is 9.79. The molecule has 7 N–H and O–H groups in total. The number of fused-ring (bicyclic) bond motifs is 1. The molecule has 0 spiro atoms. The number of aromatic nitrogens is 4. The molecule has 0 saturated carbocycles. The van der Waals surface area contributed by atoms with Crippen LogP contribution < -0.4 is 27.8 Å². The Balaban J connectivity index is 1.42. The van der Waals surface area contributed by atoms with Crippen molar-refractivity contribution in [1.29, 1.82) is 5.26 Å². The molecular formula is C31H29N9O3. The van der Waals surface area contributed by atoms with Gasteiger partial charge in [-0.25, -0.2) is 10.5 Å². The maximum atomic E-state index is 14.1. The molecule has 2 heterocycles. The number of hydroxylamine groups is 1. The van der Waals surface area contributed by atoms with Crippen molar-refractivity contribution in [2.75, 3.05) is 23.3 Å². The van der Waals surface area contributed by atoms with Gasteiger partial charge in [-0.15, -0.1) is 0 Å². The third-order valence-electron chi connectivity index (χ3n) is 7.00. The standard InChI is InChI=1S/C31H29N9O3/c32-18-23-27(33)37-31(34)38-28(23)35-17-5-10-25-36-24-9-4-6-20(14-11-19-12-15-21(16-13-19)29(41)39-43)26(24)30(42)40(25)22-7-2-1-3-8-22/h1-4,6-9,12-13,15-16,43H,5,10-11,14,17H2,(H,39,41)(H5,33,34,35,37,38). The van der Waals surface area contributed by atoms with Crippen molar-refractivity contribution >= 4 is 34.4 Å². The summed E-state index contributed by atoms with van der Waals surface area (Å²) in [6, 6.07) is 24.0. The summed E-state index contributed by atoms with van der Waals surface area (Å²) >= 11 is 0. The molecule has 1 amide bonds. The molecule has 0 saturated heterocycles. The fourth-order valence-corrected chi connectivity index (χ4v) is 4.92. The number of nitrogen functional groups attached to an aromatic ring is 2. The number of anilines is 3. The van der Waals surface area contributed by atoms with E-state index in [0.717, 1.165) is 11.1 Å². The van der Waals surface area contributed by atoms with Gasteiger partial charge in [-0.05, 0) is 60.7 Å². The van der Waals surface area contributed by atoms with Crippen molar-refractivity contribution < 1.29 is 10.0 Å². The Labute approximate surface area is 246 Å². The van der Waals surface area contributed by atoms with Gasteiger partial charge in [0, 0.05) is 18.5 Å². The smallest absolute Gasteiger partial charge is 0.274 e. The van der Waals surface area contributed by atoms with E-state index in [1.165, 1.54) is 0 Å². The monoisotopic (exact) mass is 575 g/mol. The minimum Gasteiger partial charge on any atom is -0.382 e. The van der Waals surface area contributed by atoms with Crippen LogP contribution in [-0.2, 0) is 19.3 Å². The molecule has 43 heavy (non-hydrogen) atoms. The highest BCUT2D eigenvalue weighted by Crippen LogP contribution is 2.21. The SMILES string of the molecule is N#Cc1c(N)nc(N)nc1NCCCc1nc2cccc(CCc3ccc(C(=O)NO)cc3)c2c(=O)n1-c1ccccc1. The summed E-state index contributed by atoms with van der Waals surface area (Å²) in [6.07, 6.45) is 2.26. The van der Waals surface area contributed by atoms with Gasteiger partial charge in [-0.3, -0.25) is 19.4 Å². The van der Waals surface area contributed by atoms with Gasteiger partial charge in [-0.1, -0.05) is 42.5 Å². The Bertz CT molecular complexity index is 1880. The lowest BCUT2D eigenvalue weighted by Gasteiger charge is -2.16. The van der Waals surface area contributed by atoms with E-state index in [9.17, 15) is 14.9 Å². The normalized spacial score (nSPS) is 10.8. The first-order chi connectivity index (χ1) is 20.9. The molecular weight excluding hydrogens is 546 g/mol. The number of hydrogen-bond donors (Lipinski definition) is 5. The zero-order valence-corrected chi connectivity index (χ0v) is 23.1. The number of aryl methyl sites for hydroxylation is 3. The first kappa shape index (κ1) is 28.7. The molecule has 0 atom stereocenters. The molecule has 0 unspecified atom stereocenters. The van der Waals surface area contributed by atoms with E-state index < -0.39 is 5.91 Å². The zero-order valence-electron chi connectivity index (χ0n) is 23.1. The van der Waals surface area contributed by atoms with Gasteiger partial charge in [0.25, 0.3) is 11.5 Å². The third kappa shape index (κ3) is 6.27. The molecule has 5 rings (SSSR count). The van der Waals surface area contributed by atoms with Crippen molar-refractivity contribution in [1.82, 2.24) is 25.0 Å². The summed E-state index contributed by atoms with van der Waals surface area (Å²) in [6.45, 7) is 0.423. The highest BCUT2D eigenvalue weighted by Gasteiger charge is 2.16. The van der Waals surface area contributed by atoms with Crippen molar-refractivity contribution in [3.63, 3.8) is 0 Å². The summed E-state index contributed by atoms with van der Waals surface area (Å²) in [5.41, 5.74) is 16.6. The van der Waals surface area contributed by atoms with Gasteiger partial charge in [0.15, 0.2) is 5.82 Å². The number of carbonyl (C=O) groups excluding carboxylic acids is 1. The van der Waals surface area contributed by atoms with Crippen LogP contribution in [0.1, 0.15) is 39.3 Å². The number of benzene rings is 3. The number of nitrogens with zero attached hydrogens (tertiary/aromatic N) is 5. The second kappa shape index (κ2) is 12.8. The number of hydrogen-bond acceptors (Lipinski definition) is 10. The third-order valence-corrected chi connectivity index (χ3v) is 7.00. The first-order valence-electron chi connectivity index (χ1n) is 13.6. The van der Waals surface area contributed by atoms with Crippen molar-refractivity contribution in [3.8, 4) is 11.8 Å². The fraction of sp³-hybridized carbons (Fsp3) is 0.161. The van der Waals surface area contributed by atoms with Crippen LogP contribution in [0.15, 0.2) is 77.6 Å². The topological polar surface area (TPSA) is 198 Å². The highest BCUT2D eigenvalue weighted by atomic mass is 16.5. The van der Waals surface area contributed by atoms with E-state index in [1.54, 1.807) is 22.2 Å². The lowest BCUT2D eigenvalue weighted by Crippen LogP contribution is -2.25. The van der Waals surface area contributed by atoms with Gasteiger partial charge in [0.1, 0.15) is 23.3 Å². The molecule has 0 fully saturated rings. The summed E-state index contributed by atoms with van der Waals surface area (Å²) in [5.74, 6) is 0.261. The molecule has 0 aliphatic carbocycles. The molecule has 12 nitrogen and oxygen atoms in total. The molecule has 5 aromatic rings. The predicted octanol–water partition coefficient (Wildman–Crippen LogP) is 3.16. The van der Waals surface area contributed by atoms with Crippen LogP contribution in [0.2, 0.25) is 0 Å². The van der Waals surface area contributed by atoms with Crippen LogP contribution in [-0.4, -0.2) is 37.2 Å². The first-order valence-corrected chi connectivity index (χ1v) is 13.6. The highest BCUT2D eigenvalue weighted by molar-refractivity contribution is 5.93. The van der Waals surface area contributed by atoms with Crippen LogP contribution in [0.4, 0.5) is 17.6 Å². The summed E-state index contributed by atoms with van der Waals surface area (Å²) in [4.78, 5) is 38.6. The number of carbonyl (C=O) groups is 1. The van der Waals surface area contributed by atoms with E-state index in [-0.39, 0.29) is 28.7 Å². The predicted molar refractivity (Wildman–Crippen MR) is 163 cm³/mol. The molecule has 2 aromatic heterocycles. The maximum Gasteiger partial charge on any atom is 0.274 e. The van der Waals surface area contributed by atoms with E-state index in [0.29, 0.717) is 60.2 Å².